The number of aldehydes is 1. The number of carbonyl (C=O) groups excluding carboxylic acids is 1. The van der Waals surface area contributed by atoms with E-state index in [1.807, 2.05) is 6.92 Å². The van der Waals surface area contributed by atoms with Crippen LogP contribution in [0.3, 0.4) is 0 Å². The molecule has 0 N–H and O–H groups in total. The van der Waals surface area contributed by atoms with Crippen molar-refractivity contribution in [3.63, 3.8) is 0 Å². The number of rotatable bonds is 4. The molecule has 0 amide bonds. The van der Waals surface area contributed by atoms with Crippen LogP contribution in [0.1, 0.15) is 17.3 Å². The third-order valence-electron chi connectivity index (χ3n) is 1.74. The van der Waals surface area contributed by atoms with E-state index < -0.39 is 0 Å². The van der Waals surface area contributed by atoms with E-state index in [1.54, 1.807) is 18.2 Å². The minimum Gasteiger partial charge on any atom is -0.488 e. The number of ether oxygens (including phenoxy) is 1. The molecule has 0 saturated carbocycles. The predicted octanol–water partition coefficient (Wildman–Crippen LogP) is 3.67. The smallest absolute Gasteiger partial charge is 0.153 e. The topological polar surface area (TPSA) is 26.3 Å². The molecule has 0 bridgehead atoms. The molecule has 2 nitrogen and oxygen atoms in total. The van der Waals surface area contributed by atoms with Gasteiger partial charge in [-0.25, -0.2) is 0 Å². The van der Waals surface area contributed by atoms with Crippen LogP contribution in [0.4, 0.5) is 0 Å². The molecule has 0 atom stereocenters. The molecule has 1 rings (SSSR count). The lowest BCUT2D eigenvalue weighted by Gasteiger charge is -2.08. The lowest BCUT2D eigenvalue weighted by atomic mass is 10.2. The van der Waals surface area contributed by atoms with Gasteiger partial charge in [0.25, 0.3) is 0 Å². The first-order valence-electron chi connectivity index (χ1n) is 4.30. The van der Waals surface area contributed by atoms with Crippen molar-refractivity contribution in [3.8, 4) is 5.75 Å². The fraction of sp³-hybridized carbons (Fsp3) is 0.182. The highest BCUT2D eigenvalue weighted by Gasteiger charge is 2.03. The predicted molar refractivity (Wildman–Crippen MR) is 61.9 cm³/mol. The molecule has 0 saturated heterocycles. The van der Waals surface area contributed by atoms with Crippen LogP contribution in [0.2, 0.25) is 5.02 Å². The molecule has 0 radical (unpaired) electrons. The normalized spacial score (nSPS) is 11.3. The number of benzene rings is 1. The molecule has 0 aliphatic carbocycles. The summed E-state index contributed by atoms with van der Waals surface area (Å²) in [5.74, 6) is 0.507. The monoisotopic (exact) mass is 244 g/mol. The quantitative estimate of drug-likeness (QED) is 0.756. The maximum absolute atomic E-state index is 10.7. The summed E-state index contributed by atoms with van der Waals surface area (Å²) in [7, 11) is 0. The Morgan fingerprint density at radius 3 is 2.87 bits per heavy atom. The van der Waals surface area contributed by atoms with Gasteiger partial charge in [-0.15, -0.1) is 0 Å². The summed E-state index contributed by atoms with van der Waals surface area (Å²) in [6.45, 7) is 2.19. The molecule has 0 aromatic heterocycles. The van der Waals surface area contributed by atoms with Gasteiger partial charge in [0.2, 0.25) is 0 Å². The summed E-state index contributed by atoms with van der Waals surface area (Å²) >= 11 is 11.2. The van der Waals surface area contributed by atoms with Crippen LogP contribution in [-0.4, -0.2) is 12.9 Å². The van der Waals surface area contributed by atoms with Crippen molar-refractivity contribution in [2.24, 2.45) is 0 Å². The standard InChI is InChI=1S/C11H10Cl2O2/c1-8(5-12)7-15-11-3-2-10(13)4-9(11)6-14/h2-6H,7H2,1H3/b8-5-. The second-order valence-corrected chi connectivity index (χ2v) is 3.70. The van der Waals surface area contributed by atoms with Crippen molar-refractivity contribution in [1.29, 1.82) is 0 Å². The van der Waals surface area contributed by atoms with Gasteiger partial charge in [0.15, 0.2) is 6.29 Å². The summed E-state index contributed by atoms with van der Waals surface area (Å²) in [6.07, 6.45) is 0.709. The Bertz CT molecular complexity index is 386. The van der Waals surface area contributed by atoms with Gasteiger partial charge < -0.3 is 4.74 Å². The third-order valence-corrected chi connectivity index (χ3v) is 2.35. The molecule has 15 heavy (non-hydrogen) atoms. The van der Waals surface area contributed by atoms with Gasteiger partial charge >= 0.3 is 0 Å². The summed E-state index contributed by atoms with van der Waals surface area (Å²) in [4.78, 5) is 10.7. The first-order valence-corrected chi connectivity index (χ1v) is 5.12. The van der Waals surface area contributed by atoms with Crippen LogP contribution >= 0.6 is 23.2 Å². The first kappa shape index (κ1) is 12.1. The molecule has 0 unspecified atom stereocenters. The third kappa shape index (κ3) is 3.57. The van der Waals surface area contributed by atoms with Crippen molar-refractivity contribution in [2.75, 3.05) is 6.61 Å². The molecular weight excluding hydrogens is 235 g/mol. The van der Waals surface area contributed by atoms with E-state index in [9.17, 15) is 4.79 Å². The zero-order chi connectivity index (χ0) is 11.3. The van der Waals surface area contributed by atoms with Gasteiger partial charge in [0, 0.05) is 10.6 Å². The van der Waals surface area contributed by atoms with Gasteiger partial charge in [-0.1, -0.05) is 23.2 Å². The second-order valence-electron chi connectivity index (χ2n) is 3.04. The Labute approximate surface area is 98.4 Å². The molecule has 1 aromatic rings. The molecule has 0 aliphatic heterocycles. The fourth-order valence-corrected chi connectivity index (χ4v) is 1.21. The average Bonchev–Trinajstić information content (AvgIpc) is 2.26. The second kappa shape index (κ2) is 5.79. The number of hydrogen-bond donors (Lipinski definition) is 0. The van der Waals surface area contributed by atoms with E-state index in [2.05, 4.69) is 0 Å². The minimum absolute atomic E-state index is 0.353. The molecule has 4 heteroatoms. The maximum Gasteiger partial charge on any atom is 0.153 e. The SMILES string of the molecule is C/C(=C/Cl)COc1ccc(Cl)cc1C=O. The molecule has 80 valence electrons. The van der Waals surface area contributed by atoms with Crippen molar-refractivity contribution in [3.05, 3.63) is 39.9 Å². The van der Waals surface area contributed by atoms with Gasteiger partial charge in [-0.3, -0.25) is 4.79 Å². The lowest BCUT2D eigenvalue weighted by Crippen LogP contribution is -2.00. The highest BCUT2D eigenvalue weighted by Crippen LogP contribution is 2.21. The van der Waals surface area contributed by atoms with E-state index in [0.29, 0.717) is 29.2 Å². The van der Waals surface area contributed by atoms with Crippen LogP contribution in [0.25, 0.3) is 0 Å². The van der Waals surface area contributed by atoms with Crippen molar-refractivity contribution in [1.82, 2.24) is 0 Å². The summed E-state index contributed by atoms with van der Waals surface area (Å²) < 4.78 is 5.39. The van der Waals surface area contributed by atoms with E-state index in [0.717, 1.165) is 5.57 Å². The Kier molecular flexibility index (Phi) is 4.66. The molecule has 0 heterocycles. The van der Waals surface area contributed by atoms with E-state index in [4.69, 9.17) is 27.9 Å². The van der Waals surface area contributed by atoms with E-state index in [-0.39, 0.29) is 0 Å². The van der Waals surface area contributed by atoms with E-state index in [1.165, 1.54) is 5.54 Å². The van der Waals surface area contributed by atoms with Crippen LogP contribution in [0.5, 0.6) is 5.75 Å². The maximum atomic E-state index is 10.7. The fourth-order valence-electron chi connectivity index (χ4n) is 0.966. The Morgan fingerprint density at radius 2 is 2.27 bits per heavy atom. The zero-order valence-electron chi connectivity index (χ0n) is 8.17. The molecule has 0 aliphatic rings. The summed E-state index contributed by atoms with van der Waals surface area (Å²) in [6, 6.07) is 4.89. The number of halogens is 2. The molecule has 0 fully saturated rings. The van der Waals surface area contributed by atoms with Crippen LogP contribution in [0.15, 0.2) is 29.3 Å². The number of carbonyl (C=O) groups is 1. The van der Waals surface area contributed by atoms with Crippen molar-refractivity contribution in [2.45, 2.75) is 6.92 Å². The number of hydrogen-bond acceptors (Lipinski definition) is 2. The molecule has 0 spiro atoms. The average molecular weight is 245 g/mol. The first-order chi connectivity index (χ1) is 7.17. The largest absolute Gasteiger partial charge is 0.488 e. The highest BCUT2D eigenvalue weighted by molar-refractivity contribution is 6.30. The molecular formula is C11H10Cl2O2. The Hall–Kier alpha value is -0.990. The van der Waals surface area contributed by atoms with Crippen molar-refractivity contribution >= 4 is 29.5 Å². The van der Waals surface area contributed by atoms with Crippen molar-refractivity contribution < 1.29 is 9.53 Å². The van der Waals surface area contributed by atoms with Gasteiger partial charge in [-0.05, 0) is 30.7 Å². The van der Waals surface area contributed by atoms with E-state index >= 15 is 0 Å². The van der Waals surface area contributed by atoms with Crippen LogP contribution < -0.4 is 4.74 Å². The van der Waals surface area contributed by atoms with Crippen LogP contribution in [-0.2, 0) is 0 Å². The summed E-state index contributed by atoms with van der Waals surface area (Å²) in [5, 5.41) is 0.508. The summed E-state index contributed by atoms with van der Waals surface area (Å²) in [5.41, 5.74) is 2.75. The van der Waals surface area contributed by atoms with Crippen LogP contribution in [0, 0.1) is 0 Å². The molecule has 1 aromatic carbocycles. The zero-order valence-corrected chi connectivity index (χ0v) is 9.68. The van der Waals surface area contributed by atoms with Gasteiger partial charge in [-0.2, -0.15) is 0 Å². The minimum atomic E-state index is 0.353. The highest BCUT2D eigenvalue weighted by atomic mass is 35.5. The van der Waals surface area contributed by atoms with Gasteiger partial charge in [0.05, 0.1) is 5.56 Å². The Morgan fingerprint density at radius 1 is 1.53 bits per heavy atom. The Balaban J connectivity index is 2.80. The lowest BCUT2D eigenvalue weighted by molar-refractivity contribution is 0.112. The van der Waals surface area contributed by atoms with Gasteiger partial charge in [0.1, 0.15) is 12.4 Å².